The van der Waals surface area contributed by atoms with Crippen molar-refractivity contribution in [1.29, 1.82) is 5.26 Å². The molecular formula is C32H30ClF3N6O4. The number of nitrogens with zero attached hydrogens (tertiary/aromatic N) is 6. The fourth-order valence-electron chi connectivity index (χ4n) is 5.56. The highest BCUT2D eigenvalue weighted by atomic mass is 35.5. The Balaban J connectivity index is 1.53. The second kappa shape index (κ2) is 13.0. The molecule has 240 valence electrons. The van der Waals surface area contributed by atoms with E-state index >= 15 is 0 Å². The fourth-order valence-corrected chi connectivity index (χ4v) is 5.73. The summed E-state index contributed by atoms with van der Waals surface area (Å²) >= 11 is 6.27. The lowest BCUT2D eigenvalue weighted by Crippen LogP contribution is -2.45. The summed E-state index contributed by atoms with van der Waals surface area (Å²) in [5.74, 6) is -0.678. The Morgan fingerprint density at radius 2 is 1.85 bits per heavy atom. The summed E-state index contributed by atoms with van der Waals surface area (Å²) in [7, 11) is 1.86. The van der Waals surface area contributed by atoms with Gasteiger partial charge in [-0.1, -0.05) is 18.5 Å². The van der Waals surface area contributed by atoms with Crippen LogP contribution < -0.4 is 15.2 Å². The molecule has 0 saturated carbocycles. The number of likely N-dealkylation sites (N-methyl/N-ethyl adjacent to an activating group) is 1. The van der Waals surface area contributed by atoms with Crippen LogP contribution in [-0.4, -0.2) is 70.3 Å². The minimum absolute atomic E-state index is 0.0393. The molecule has 10 nitrogen and oxygen atoms in total. The van der Waals surface area contributed by atoms with E-state index in [0.29, 0.717) is 47.1 Å². The summed E-state index contributed by atoms with van der Waals surface area (Å²) in [6.07, 6.45) is -4.28. The Morgan fingerprint density at radius 3 is 2.48 bits per heavy atom. The number of rotatable bonds is 8. The number of aromatic nitrogens is 3. The average molecular weight is 655 g/mol. The predicted octanol–water partition coefficient (Wildman–Crippen LogP) is 5.40. The normalized spacial score (nSPS) is 14.0. The Kier molecular flexibility index (Phi) is 9.23. The van der Waals surface area contributed by atoms with Gasteiger partial charge in [-0.25, -0.2) is 14.8 Å². The zero-order valence-corrected chi connectivity index (χ0v) is 26.0. The Morgan fingerprint density at radius 1 is 1.13 bits per heavy atom. The minimum atomic E-state index is -4.77. The Labute approximate surface area is 267 Å². The van der Waals surface area contributed by atoms with E-state index in [-0.39, 0.29) is 59.9 Å². The maximum atomic E-state index is 14.3. The van der Waals surface area contributed by atoms with Crippen molar-refractivity contribution in [2.75, 3.05) is 44.7 Å². The van der Waals surface area contributed by atoms with Gasteiger partial charge in [-0.15, -0.1) is 0 Å². The molecule has 0 bridgehead atoms. The number of carboxylic acid groups (broad SMARTS) is 1. The number of alkyl halides is 3. The number of pyridine rings is 1. The average Bonchev–Trinajstić information content (AvgIpc) is 3.02. The lowest BCUT2D eigenvalue weighted by Gasteiger charge is -2.36. The summed E-state index contributed by atoms with van der Waals surface area (Å²) in [6, 6.07) is 10.7. The van der Waals surface area contributed by atoms with Gasteiger partial charge < -0.3 is 19.6 Å². The van der Waals surface area contributed by atoms with Gasteiger partial charge in [-0.3, -0.25) is 9.36 Å². The summed E-state index contributed by atoms with van der Waals surface area (Å²) in [4.78, 5) is 37.5. The smallest absolute Gasteiger partial charge is 0.418 e. The molecule has 2 aromatic carbocycles. The molecule has 4 aromatic rings. The first-order chi connectivity index (χ1) is 21.8. The Hall–Kier alpha value is -4.67. The number of carbonyl (C=O) groups is 1. The summed E-state index contributed by atoms with van der Waals surface area (Å²) < 4.78 is 50.2. The third-order valence-electron chi connectivity index (χ3n) is 7.93. The van der Waals surface area contributed by atoms with Crippen molar-refractivity contribution in [3.05, 3.63) is 80.1 Å². The van der Waals surface area contributed by atoms with E-state index in [1.165, 1.54) is 22.5 Å². The molecule has 5 rings (SSSR count). The molecule has 3 heterocycles. The van der Waals surface area contributed by atoms with Gasteiger partial charge in [-0.05, 0) is 62.4 Å². The van der Waals surface area contributed by atoms with Crippen molar-refractivity contribution < 1.29 is 27.8 Å². The van der Waals surface area contributed by atoms with Crippen molar-refractivity contribution in [1.82, 2.24) is 19.4 Å². The molecule has 1 fully saturated rings. The SMILES string of the molecule is CCc1cc(-c2cc(Cl)ccc2OCCn2c(C)nc3cc(C(F)(F)F)c(N4CCN(C)CC4)c(C#N)c3c2=O)cc(C(=O)O)n1. The number of fused-ring (bicyclic) bond motifs is 1. The lowest BCUT2D eigenvalue weighted by atomic mass is 10.00. The fraction of sp³-hybridized carbons (Fsp3) is 0.344. The summed E-state index contributed by atoms with van der Waals surface area (Å²) in [6.45, 7) is 4.76. The van der Waals surface area contributed by atoms with Gasteiger partial charge in [0.05, 0.1) is 34.3 Å². The van der Waals surface area contributed by atoms with Crippen LogP contribution in [0.1, 0.15) is 40.1 Å². The molecule has 1 aliphatic rings. The molecule has 14 heteroatoms. The van der Waals surface area contributed by atoms with Crippen LogP contribution in [0.15, 0.2) is 41.2 Å². The van der Waals surface area contributed by atoms with Crippen LogP contribution in [0.5, 0.6) is 5.75 Å². The number of anilines is 1. The topological polar surface area (TPSA) is 125 Å². The molecule has 0 atom stereocenters. The van der Waals surface area contributed by atoms with Gasteiger partial charge in [0, 0.05) is 42.5 Å². The van der Waals surface area contributed by atoms with Crippen LogP contribution >= 0.6 is 11.6 Å². The maximum absolute atomic E-state index is 14.3. The van der Waals surface area contributed by atoms with Crippen LogP contribution in [0.25, 0.3) is 22.0 Å². The van der Waals surface area contributed by atoms with E-state index in [1.807, 2.05) is 24.9 Å². The third-order valence-corrected chi connectivity index (χ3v) is 8.17. The van der Waals surface area contributed by atoms with Crippen molar-refractivity contribution in [3.8, 4) is 22.9 Å². The highest BCUT2D eigenvalue weighted by Crippen LogP contribution is 2.41. The zero-order chi connectivity index (χ0) is 33.3. The zero-order valence-electron chi connectivity index (χ0n) is 25.3. The number of hydrogen-bond donors (Lipinski definition) is 1. The van der Waals surface area contributed by atoms with Gasteiger partial charge in [0.25, 0.3) is 5.56 Å². The molecule has 2 aromatic heterocycles. The molecular weight excluding hydrogens is 625 g/mol. The number of ether oxygens (including phenoxy) is 1. The van der Waals surface area contributed by atoms with Crippen molar-refractivity contribution >= 4 is 34.2 Å². The van der Waals surface area contributed by atoms with Crippen LogP contribution in [0.4, 0.5) is 18.9 Å². The molecule has 0 aliphatic carbocycles. The number of piperazine rings is 1. The predicted molar refractivity (Wildman–Crippen MR) is 167 cm³/mol. The van der Waals surface area contributed by atoms with E-state index in [2.05, 4.69) is 9.97 Å². The number of benzene rings is 2. The van der Waals surface area contributed by atoms with Gasteiger partial charge in [0.2, 0.25) is 0 Å². The highest BCUT2D eigenvalue weighted by molar-refractivity contribution is 6.31. The van der Waals surface area contributed by atoms with E-state index in [1.54, 1.807) is 24.3 Å². The van der Waals surface area contributed by atoms with Crippen LogP contribution in [0.2, 0.25) is 5.02 Å². The Bertz CT molecular complexity index is 1930. The molecule has 1 N–H and O–H groups in total. The standard InChI is InChI=1S/C32H30ClF3N6O4/c1-4-21-13-19(14-26(39-21)31(44)45)22-15-20(33)5-6-27(22)46-12-11-42-18(2)38-25-16-24(32(34,35)36)29(23(17-37)28(25)30(42)43)41-9-7-40(3)8-10-41/h5-6,13-16H,4,7-12H2,1-3H3,(H,44,45). The first kappa shape index (κ1) is 32.7. The number of aromatic carboxylic acids is 1. The number of halogens is 4. The van der Waals surface area contributed by atoms with E-state index < -0.39 is 23.3 Å². The van der Waals surface area contributed by atoms with Gasteiger partial charge in [-0.2, -0.15) is 18.4 Å². The van der Waals surface area contributed by atoms with Gasteiger partial charge in [0.1, 0.15) is 29.9 Å². The van der Waals surface area contributed by atoms with E-state index in [9.17, 15) is 33.1 Å². The molecule has 0 amide bonds. The number of carboxylic acids is 1. The van der Waals surface area contributed by atoms with Gasteiger partial charge in [0.15, 0.2) is 0 Å². The van der Waals surface area contributed by atoms with Crippen molar-refractivity contribution in [3.63, 3.8) is 0 Å². The van der Waals surface area contributed by atoms with Crippen LogP contribution in [-0.2, 0) is 19.1 Å². The molecule has 0 unspecified atom stereocenters. The molecule has 0 spiro atoms. The molecule has 46 heavy (non-hydrogen) atoms. The first-order valence-electron chi connectivity index (χ1n) is 14.5. The molecule has 1 saturated heterocycles. The number of nitriles is 1. The summed E-state index contributed by atoms with van der Waals surface area (Å²) in [5.41, 5.74) is -1.08. The first-order valence-corrected chi connectivity index (χ1v) is 14.9. The second-order valence-electron chi connectivity index (χ2n) is 10.9. The molecule has 0 radical (unpaired) electrons. The third kappa shape index (κ3) is 6.49. The van der Waals surface area contributed by atoms with Crippen molar-refractivity contribution in [2.24, 2.45) is 0 Å². The van der Waals surface area contributed by atoms with E-state index in [4.69, 9.17) is 16.3 Å². The maximum Gasteiger partial charge on any atom is 0.418 e. The number of hydrogen-bond acceptors (Lipinski definition) is 8. The minimum Gasteiger partial charge on any atom is -0.491 e. The molecule has 1 aliphatic heterocycles. The van der Waals surface area contributed by atoms with Crippen LogP contribution in [0, 0.1) is 18.3 Å². The highest BCUT2D eigenvalue weighted by Gasteiger charge is 2.38. The van der Waals surface area contributed by atoms with Crippen molar-refractivity contribution in [2.45, 2.75) is 33.0 Å². The van der Waals surface area contributed by atoms with Gasteiger partial charge >= 0.3 is 12.1 Å². The largest absolute Gasteiger partial charge is 0.491 e. The monoisotopic (exact) mass is 654 g/mol. The number of aryl methyl sites for hydroxylation is 2. The lowest BCUT2D eigenvalue weighted by molar-refractivity contribution is -0.137. The quantitative estimate of drug-likeness (QED) is 0.266. The van der Waals surface area contributed by atoms with E-state index in [0.717, 1.165) is 6.07 Å². The van der Waals surface area contributed by atoms with Crippen LogP contribution in [0.3, 0.4) is 0 Å². The second-order valence-corrected chi connectivity index (χ2v) is 11.4. The summed E-state index contributed by atoms with van der Waals surface area (Å²) in [5, 5.41) is 19.9.